The summed E-state index contributed by atoms with van der Waals surface area (Å²) >= 11 is 0. The van der Waals surface area contributed by atoms with Gasteiger partial charge in [-0.2, -0.15) is 0 Å². The Morgan fingerprint density at radius 2 is 1.71 bits per heavy atom. The van der Waals surface area contributed by atoms with Crippen LogP contribution in [0.3, 0.4) is 0 Å². The molecule has 3 heterocycles. The zero-order valence-electron chi connectivity index (χ0n) is 23.3. The summed E-state index contributed by atoms with van der Waals surface area (Å²) in [6.07, 6.45) is 4.53. The van der Waals surface area contributed by atoms with Gasteiger partial charge in [0.2, 0.25) is 5.43 Å². The highest BCUT2D eigenvalue weighted by Gasteiger charge is 2.30. The molecule has 1 fully saturated rings. The molecule has 1 aromatic heterocycles. The first-order valence-electron chi connectivity index (χ1n) is 12.5. The summed E-state index contributed by atoms with van der Waals surface area (Å²) < 4.78 is 16.8. The Labute approximate surface area is 240 Å². The van der Waals surface area contributed by atoms with Crippen LogP contribution in [0.4, 0.5) is 10.1 Å². The number of hydrogen-bond donors (Lipinski definition) is 6. The van der Waals surface area contributed by atoms with Gasteiger partial charge in [-0.25, -0.2) is 9.18 Å². The second-order valence-electron chi connectivity index (χ2n) is 9.67. The number of carboxylic acid groups (broad SMARTS) is 2. The third kappa shape index (κ3) is 9.07. The van der Waals surface area contributed by atoms with Crippen molar-refractivity contribution in [3.8, 4) is 0 Å². The molecule has 0 amide bonds. The lowest BCUT2D eigenvalue weighted by molar-refractivity contribution is -0.138. The molecule has 2 aromatic rings. The first-order valence-corrected chi connectivity index (χ1v) is 12.5. The van der Waals surface area contributed by atoms with E-state index in [4.69, 9.17) is 22.3 Å². The van der Waals surface area contributed by atoms with Crippen LogP contribution in [0.1, 0.15) is 61.0 Å². The number of nitrogens with zero attached hydrogens (tertiary/aromatic N) is 3. The Morgan fingerprint density at radius 3 is 2.24 bits per heavy atom. The number of aryl methyl sites for hydroxylation is 1. The maximum Gasteiger partial charge on any atom is 0.341 e. The van der Waals surface area contributed by atoms with Crippen LogP contribution in [-0.2, 0) is 11.2 Å². The number of piperidine rings is 1. The molecule has 0 radical (unpaired) electrons. The molecular weight excluding hydrogens is 563 g/mol. The number of benzene rings is 1. The quantitative estimate of drug-likeness (QED) is 0.109. The normalized spacial score (nSPS) is 16.2. The van der Waals surface area contributed by atoms with Gasteiger partial charge in [0, 0.05) is 42.8 Å². The van der Waals surface area contributed by atoms with Gasteiger partial charge in [-0.1, -0.05) is 0 Å². The number of nitrogens with two attached hydrogens (primary N) is 3. The number of guanidine groups is 1. The molecule has 1 saturated heterocycles. The number of aliphatic hydroxyl groups is 1. The molecule has 2 aliphatic rings. The summed E-state index contributed by atoms with van der Waals surface area (Å²) in [5.41, 5.74) is 16.3. The van der Waals surface area contributed by atoms with E-state index in [9.17, 15) is 24.6 Å². The lowest BCUT2D eigenvalue weighted by atomic mass is 9.93. The monoisotopic (exact) mass is 606 g/mol. The zero-order chi connectivity index (χ0) is 28.1. The second kappa shape index (κ2) is 17.2. The van der Waals surface area contributed by atoms with Crippen LogP contribution >= 0.6 is 0 Å². The number of aromatic nitrogens is 1. The minimum atomic E-state index is -1.30. The van der Waals surface area contributed by atoms with E-state index in [0.717, 1.165) is 12.0 Å². The molecule has 0 saturated carbocycles. The summed E-state index contributed by atoms with van der Waals surface area (Å²) in [6, 6.07) is 0.395. The van der Waals surface area contributed by atoms with Crippen LogP contribution in [0.2, 0.25) is 0 Å². The fourth-order valence-corrected chi connectivity index (χ4v) is 4.86. The number of aromatic carboxylic acids is 1. The molecule has 4 rings (SSSR count). The Bertz CT molecular complexity index is 1290. The first kappa shape index (κ1) is 40.3. The van der Waals surface area contributed by atoms with Gasteiger partial charge in [-0.15, -0.1) is 0 Å². The highest BCUT2D eigenvalue weighted by molar-refractivity contribution is 5.95. The van der Waals surface area contributed by atoms with Crippen LogP contribution in [-0.4, -0.2) is 91.5 Å². The third-order valence-corrected chi connectivity index (χ3v) is 6.92. The van der Waals surface area contributed by atoms with Gasteiger partial charge in [0.15, 0.2) is 5.96 Å². The first-order chi connectivity index (χ1) is 17.9. The number of carboxylic acids is 2. The molecule has 0 aliphatic carbocycles. The molecule has 1 aromatic carbocycles. The van der Waals surface area contributed by atoms with Gasteiger partial charge < -0.3 is 63.9 Å². The van der Waals surface area contributed by atoms with Crippen molar-refractivity contribution in [1.82, 2.24) is 4.57 Å². The zero-order valence-corrected chi connectivity index (χ0v) is 23.3. The topological polar surface area (TPSA) is 336 Å². The van der Waals surface area contributed by atoms with Gasteiger partial charge in [0.05, 0.1) is 17.3 Å². The lowest BCUT2D eigenvalue weighted by Gasteiger charge is -2.36. The van der Waals surface area contributed by atoms with E-state index in [-0.39, 0.29) is 51.0 Å². The fraction of sp³-hybridized carbons (Fsp3) is 0.520. The molecule has 16 nitrogen and oxygen atoms in total. The van der Waals surface area contributed by atoms with Crippen LogP contribution < -0.4 is 27.5 Å². The van der Waals surface area contributed by atoms with E-state index in [2.05, 4.69) is 4.99 Å². The predicted molar refractivity (Wildman–Crippen MR) is 156 cm³/mol. The van der Waals surface area contributed by atoms with Crippen LogP contribution in [0.25, 0.3) is 10.9 Å². The smallest absolute Gasteiger partial charge is 0.341 e. The minimum Gasteiger partial charge on any atom is -0.480 e. The molecular formula is C25H43FN6O10. The van der Waals surface area contributed by atoms with Crippen LogP contribution in [0, 0.1) is 5.82 Å². The number of anilines is 1. The standard InChI is InChI=1S/C19H21FN2O4.C6H14N4O2.4H2O/c1-10-2-3-12-16-13(18(24)14(19(25)26)9-22(10)16)8-15(20)17(12)21-6-4-11(23)5-7-21;7-4(5(11)12)2-1-3-10-6(8)9;;;;/h8-11,23H,2-7H2,1H3,(H,25,26);4H,1-3,7H2,(H,11,12)(H4,8,9,10);4*1H2/t10-;4-;;;;/m00..../s1. The fourth-order valence-electron chi connectivity index (χ4n) is 4.86. The van der Waals surface area contributed by atoms with Crippen molar-refractivity contribution in [1.29, 1.82) is 0 Å². The Morgan fingerprint density at radius 1 is 1.12 bits per heavy atom. The van der Waals surface area contributed by atoms with E-state index in [1.807, 2.05) is 11.8 Å². The Kier molecular flexibility index (Phi) is 16.5. The molecule has 42 heavy (non-hydrogen) atoms. The highest BCUT2D eigenvalue weighted by atomic mass is 19.1. The largest absolute Gasteiger partial charge is 0.480 e. The van der Waals surface area contributed by atoms with Crippen molar-refractivity contribution >= 4 is 34.5 Å². The molecule has 0 unspecified atom stereocenters. The molecule has 0 bridgehead atoms. The number of carbonyl (C=O) groups is 2. The van der Waals surface area contributed by atoms with Gasteiger partial charge in [-0.3, -0.25) is 14.6 Å². The van der Waals surface area contributed by atoms with Gasteiger partial charge in [0.25, 0.3) is 0 Å². The highest BCUT2D eigenvalue weighted by Crippen LogP contribution is 2.38. The van der Waals surface area contributed by atoms with Crippen molar-refractivity contribution < 1.29 is 51.2 Å². The SMILES string of the molecule is C[C@H]1CCc2c(N3CCC(O)CC3)c(F)cc3c(=O)c(C(=O)O)cn1c23.NC(N)=NCCC[C@H](N)C(=O)O.O.O.O.O. The second-order valence-corrected chi connectivity index (χ2v) is 9.67. The molecule has 0 spiro atoms. The van der Waals surface area contributed by atoms with Gasteiger partial charge in [-0.05, 0) is 51.5 Å². The summed E-state index contributed by atoms with van der Waals surface area (Å²) in [6.45, 7) is 3.51. The van der Waals surface area contributed by atoms with E-state index < -0.39 is 29.2 Å². The average molecular weight is 607 g/mol. The minimum absolute atomic E-state index is 0. The number of halogens is 1. The van der Waals surface area contributed by atoms with Crippen LogP contribution in [0.5, 0.6) is 0 Å². The van der Waals surface area contributed by atoms with E-state index in [1.54, 1.807) is 4.57 Å². The molecule has 17 heteroatoms. The van der Waals surface area contributed by atoms with Crippen molar-refractivity contribution in [2.45, 2.75) is 63.6 Å². The van der Waals surface area contributed by atoms with E-state index in [0.29, 0.717) is 62.9 Å². The average Bonchev–Trinajstić information content (AvgIpc) is 2.85. The van der Waals surface area contributed by atoms with Crippen molar-refractivity contribution in [3.63, 3.8) is 0 Å². The maximum absolute atomic E-state index is 15.0. The Balaban J connectivity index is 0. The van der Waals surface area contributed by atoms with Gasteiger partial charge >= 0.3 is 11.9 Å². The number of rotatable bonds is 7. The van der Waals surface area contributed by atoms with Crippen molar-refractivity contribution in [3.05, 3.63) is 39.4 Å². The number of aliphatic carboxylic acids is 1. The maximum atomic E-state index is 15.0. The molecule has 2 aliphatic heterocycles. The summed E-state index contributed by atoms with van der Waals surface area (Å²) in [5.74, 6) is -2.78. The summed E-state index contributed by atoms with van der Waals surface area (Å²) in [5, 5.41) is 27.6. The third-order valence-electron chi connectivity index (χ3n) is 6.92. The van der Waals surface area contributed by atoms with Crippen LogP contribution in [0.15, 0.2) is 22.1 Å². The van der Waals surface area contributed by atoms with E-state index >= 15 is 4.39 Å². The van der Waals surface area contributed by atoms with Crippen molar-refractivity contribution in [2.24, 2.45) is 22.2 Å². The number of aliphatic hydroxyl groups excluding tert-OH is 1. The molecule has 17 N–H and O–H groups in total. The number of hydrogen-bond acceptors (Lipinski definition) is 7. The van der Waals surface area contributed by atoms with E-state index in [1.165, 1.54) is 12.3 Å². The predicted octanol–water partition coefficient (Wildman–Crippen LogP) is -2.54. The Hall–Kier alpha value is -3.87. The van der Waals surface area contributed by atoms with Crippen molar-refractivity contribution in [2.75, 3.05) is 24.5 Å². The molecule has 240 valence electrons. The number of aliphatic imine (C=N–C) groups is 1. The lowest BCUT2D eigenvalue weighted by Crippen LogP contribution is -2.37. The summed E-state index contributed by atoms with van der Waals surface area (Å²) in [4.78, 5) is 39.9. The molecule has 2 atom stereocenters. The van der Waals surface area contributed by atoms with Gasteiger partial charge in [0.1, 0.15) is 17.4 Å². The number of pyridine rings is 1. The summed E-state index contributed by atoms with van der Waals surface area (Å²) in [7, 11) is 0.